The fourth-order valence-corrected chi connectivity index (χ4v) is 2.32. The van der Waals surface area contributed by atoms with Crippen molar-refractivity contribution >= 4 is 5.69 Å². The molecule has 0 amide bonds. The molecule has 1 saturated carbocycles. The van der Waals surface area contributed by atoms with E-state index < -0.39 is 0 Å². The lowest BCUT2D eigenvalue weighted by atomic mass is 10.1. The fraction of sp³-hybridized carbons (Fsp3) is 0.571. The molecule has 3 nitrogen and oxygen atoms in total. The Labute approximate surface area is 103 Å². The summed E-state index contributed by atoms with van der Waals surface area (Å²) in [5.41, 5.74) is 3.90. The Hall–Kier alpha value is -1.06. The number of nitrogens with zero attached hydrogens (tertiary/aromatic N) is 1. The second kappa shape index (κ2) is 5.52. The van der Waals surface area contributed by atoms with Crippen LogP contribution in [0.3, 0.4) is 0 Å². The summed E-state index contributed by atoms with van der Waals surface area (Å²) >= 11 is 0. The van der Waals surface area contributed by atoms with E-state index in [0.717, 1.165) is 13.1 Å². The maximum Gasteiger partial charge on any atom is 0.0606 e. The van der Waals surface area contributed by atoms with Gasteiger partial charge < -0.3 is 15.3 Å². The Morgan fingerprint density at radius 3 is 2.76 bits per heavy atom. The van der Waals surface area contributed by atoms with Crippen LogP contribution >= 0.6 is 0 Å². The zero-order valence-electron chi connectivity index (χ0n) is 10.7. The Morgan fingerprint density at radius 1 is 1.41 bits per heavy atom. The zero-order chi connectivity index (χ0) is 12.3. The van der Waals surface area contributed by atoms with E-state index in [9.17, 15) is 5.11 Å². The molecule has 0 atom stereocenters. The summed E-state index contributed by atoms with van der Waals surface area (Å²) in [4.78, 5) is 2.35. The molecule has 0 spiro atoms. The maximum absolute atomic E-state index is 9.19. The number of hydrogen-bond donors (Lipinski definition) is 2. The molecule has 17 heavy (non-hydrogen) atoms. The van der Waals surface area contributed by atoms with Crippen LogP contribution in [0.4, 0.5) is 5.69 Å². The minimum atomic E-state index is 0.226. The second-order valence-electron chi connectivity index (χ2n) is 4.81. The van der Waals surface area contributed by atoms with E-state index in [1.807, 2.05) is 7.05 Å². The van der Waals surface area contributed by atoms with Crippen LogP contribution in [0.25, 0.3) is 0 Å². The summed E-state index contributed by atoms with van der Waals surface area (Å²) in [6.45, 7) is 3.97. The van der Waals surface area contributed by atoms with Gasteiger partial charge in [0, 0.05) is 24.8 Å². The van der Waals surface area contributed by atoms with Gasteiger partial charge in [-0.2, -0.15) is 0 Å². The first-order valence-corrected chi connectivity index (χ1v) is 6.38. The van der Waals surface area contributed by atoms with Gasteiger partial charge >= 0.3 is 0 Å². The summed E-state index contributed by atoms with van der Waals surface area (Å²) in [6.07, 6.45) is 2.51. The largest absolute Gasteiger partial charge is 0.395 e. The Balaban J connectivity index is 2.27. The van der Waals surface area contributed by atoms with Gasteiger partial charge in [0.25, 0.3) is 0 Å². The lowest BCUT2D eigenvalue weighted by molar-refractivity contribution is 0.301. The van der Waals surface area contributed by atoms with Crippen molar-refractivity contribution in [3.05, 3.63) is 29.3 Å². The molecule has 0 aliphatic heterocycles. The molecule has 0 saturated heterocycles. The number of aliphatic hydroxyl groups is 1. The summed E-state index contributed by atoms with van der Waals surface area (Å²) in [5.74, 6) is 0. The van der Waals surface area contributed by atoms with Gasteiger partial charge in [0.2, 0.25) is 0 Å². The van der Waals surface area contributed by atoms with Crippen LogP contribution in [-0.2, 0) is 6.54 Å². The van der Waals surface area contributed by atoms with Gasteiger partial charge in [-0.3, -0.25) is 0 Å². The Kier molecular flexibility index (Phi) is 4.02. The van der Waals surface area contributed by atoms with Gasteiger partial charge in [0.05, 0.1) is 6.61 Å². The molecule has 1 fully saturated rings. The van der Waals surface area contributed by atoms with E-state index in [1.165, 1.54) is 29.7 Å². The predicted molar refractivity (Wildman–Crippen MR) is 71.4 cm³/mol. The summed E-state index contributed by atoms with van der Waals surface area (Å²) < 4.78 is 0. The van der Waals surface area contributed by atoms with E-state index in [1.54, 1.807) is 0 Å². The lowest BCUT2D eigenvalue weighted by Crippen LogP contribution is -2.30. The molecule has 2 N–H and O–H groups in total. The molecular formula is C14H22N2O. The normalized spacial score (nSPS) is 15.0. The average molecular weight is 234 g/mol. The van der Waals surface area contributed by atoms with Crippen molar-refractivity contribution in [3.8, 4) is 0 Å². The summed E-state index contributed by atoms with van der Waals surface area (Å²) in [6, 6.07) is 7.22. The number of benzene rings is 1. The fourth-order valence-electron chi connectivity index (χ4n) is 2.32. The zero-order valence-corrected chi connectivity index (χ0v) is 10.7. The van der Waals surface area contributed by atoms with Gasteiger partial charge in [0.15, 0.2) is 0 Å². The third-order valence-corrected chi connectivity index (χ3v) is 3.24. The quantitative estimate of drug-likeness (QED) is 0.786. The van der Waals surface area contributed by atoms with Crippen molar-refractivity contribution < 1.29 is 5.11 Å². The number of aliphatic hydroxyl groups excluding tert-OH is 1. The molecule has 3 heteroatoms. The van der Waals surface area contributed by atoms with E-state index in [0.29, 0.717) is 6.04 Å². The van der Waals surface area contributed by atoms with E-state index in [4.69, 9.17) is 0 Å². The molecule has 1 aliphatic carbocycles. The molecule has 1 aromatic carbocycles. The van der Waals surface area contributed by atoms with Gasteiger partial charge in [-0.05, 0) is 38.4 Å². The molecule has 94 valence electrons. The van der Waals surface area contributed by atoms with Crippen molar-refractivity contribution in [2.75, 3.05) is 25.1 Å². The highest BCUT2D eigenvalue weighted by molar-refractivity contribution is 5.56. The van der Waals surface area contributed by atoms with Crippen LogP contribution in [0.2, 0.25) is 0 Å². The molecule has 1 aromatic rings. The summed E-state index contributed by atoms with van der Waals surface area (Å²) in [5, 5.41) is 12.4. The minimum Gasteiger partial charge on any atom is -0.395 e. The van der Waals surface area contributed by atoms with E-state index >= 15 is 0 Å². The first-order valence-electron chi connectivity index (χ1n) is 6.38. The van der Waals surface area contributed by atoms with Crippen LogP contribution in [0.1, 0.15) is 24.0 Å². The number of aryl methyl sites for hydroxylation is 1. The Bertz CT molecular complexity index is 374. The predicted octanol–water partition coefficient (Wildman–Crippen LogP) is 1.68. The average Bonchev–Trinajstić information content (AvgIpc) is 3.11. The number of anilines is 1. The summed E-state index contributed by atoms with van der Waals surface area (Å²) in [7, 11) is 1.97. The molecule has 2 rings (SSSR count). The topological polar surface area (TPSA) is 35.5 Å². The van der Waals surface area contributed by atoms with Crippen LogP contribution in [0, 0.1) is 6.92 Å². The van der Waals surface area contributed by atoms with Crippen LogP contribution in [0.15, 0.2) is 18.2 Å². The van der Waals surface area contributed by atoms with Crippen molar-refractivity contribution in [2.24, 2.45) is 0 Å². The maximum atomic E-state index is 9.19. The second-order valence-corrected chi connectivity index (χ2v) is 4.81. The highest BCUT2D eigenvalue weighted by Gasteiger charge is 2.29. The van der Waals surface area contributed by atoms with Gasteiger partial charge in [-0.1, -0.05) is 17.7 Å². The van der Waals surface area contributed by atoms with Crippen LogP contribution in [-0.4, -0.2) is 31.3 Å². The molecule has 0 unspecified atom stereocenters. The number of hydrogen-bond acceptors (Lipinski definition) is 3. The van der Waals surface area contributed by atoms with Gasteiger partial charge in [-0.15, -0.1) is 0 Å². The van der Waals surface area contributed by atoms with E-state index in [2.05, 4.69) is 35.3 Å². The minimum absolute atomic E-state index is 0.226. The third kappa shape index (κ3) is 2.99. The van der Waals surface area contributed by atoms with Crippen molar-refractivity contribution in [2.45, 2.75) is 32.4 Å². The SMILES string of the molecule is CNCc1cc(C)ccc1N(CCO)C1CC1. The molecule has 1 aliphatic rings. The molecule has 0 aromatic heterocycles. The molecule has 0 heterocycles. The van der Waals surface area contributed by atoms with Crippen LogP contribution in [0.5, 0.6) is 0 Å². The first kappa shape index (κ1) is 12.4. The highest BCUT2D eigenvalue weighted by atomic mass is 16.3. The van der Waals surface area contributed by atoms with E-state index in [-0.39, 0.29) is 6.61 Å². The standard InChI is InChI=1S/C14H22N2O/c1-11-3-6-14(12(9-11)10-15-2)16(7-8-17)13-4-5-13/h3,6,9,13,15,17H,4-5,7-8,10H2,1-2H3. The molecule has 0 radical (unpaired) electrons. The molecular weight excluding hydrogens is 212 g/mol. The van der Waals surface area contributed by atoms with Gasteiger partial charge in [-0.25, -0.2) is 0 Å². The number of rotatable bonds is 6. The lowest BCUT2D eigenvalue weighted by Gasteiger charge is -2.26. The van der Waals surface area contributed by atoms with Gasteiger partial charge in [0.1, 0.15) is 0 Å². The first-order chi connectivity index (χ1) is 8.26. The third-order valence-electron chi connectivity index (χ3n) is 3.24. The monoisotopic (exact) mass is 234 g/mol. The smallest absolute Gasteiger partial charge is 0.0606 e. The van der Waals surface area contributed by atoms with Crippen molar-refractivity contribution in [1.82, 2.24) is 5.32 Å². The van der Waals surface area contributed by atoms with Crippen molar-refractivity contribution in [1.29, 1.82) is 0 Å². The van der Waals surface area contributed by atoms with Crippen LogP contribution < -0.4 is 10.2 Å². The van der Waals surface area contributed by atoms with Crippen molar-refractivity contribution in [3.63, 3.8) is 0 Å². The molecule has 0 bridgehead atoms. The Morgan fingerprint density at radius 2 is 2.18 bits per heavy atom. The number of nitrogens with one attached hydrogen (secondary N) is 1. The highest BCUT2D eigenvalue weighted by Crippen LogP contribution is 2.33.